The van der Waals surface area contributed by atoms with E-state index in [4.69, 9.17) is 4.74 Å². The van der Waals surface area contributed by atoms with Crippen LogP contribution < -0.4 is 0 Å². The van der Waals surface area contributed by atoms with Crippen LogP contribution in [0.4, 0.5) is 0 Å². The fraction of sp³-hybridized carbons (Fsp3) is 0.500. The van der Waals surface area contributed by atoms with Gasteiger partial charge in [0.1, 0.15) is 0 Å². The van der Waals surface area contributed by atoms with E-state index in [-0.39, 0.29) is 5.78 Å². The molecule has 0 aliphatic carbocycles. The van der Waals surface area contributed by atoms with Crippen LogP contribution in [0.15, 0.2) is 11.0 Å². The normalized spacial score (nSPS) is 22.3. The third kappa shape index (κ3) is 1.88. The van der Waals surface area contributed by atoms with Crippen LogP contribution >= 0.6 is 11.8 Å². The predicted molar refractivity (Wildman–Crippen MR) is 46.8 cm³/mol. The first-order valence-corrected chi connectivity index (χ1v) is 4.58. The average Bonchev–Trinajstić information content (AvgIpc) is 2.30. The van der Waals surface area contributed by atoms with Gasteiger partial charge in [-0.25, -0.2) is 0 Å². The zero-order valence-corrected chi connectivity index (χ0v) is 7.81. The fourth-order valence-electron chi connectivity index (χ4n) is 0.936. The van der Waals surface area contributed by atoms with E-state index in [0.717, 1.165) is 4.91 Å². The molecule has 66 valence electrons. The Kier molecular flexibility index (Phi) is 2.92. The first kappa shape index (κ1) is 9.32. The molecule has 1 heterocycles. The zero-order valence-electron chi connectivity index (χ0n) is 6.99. The van der Waals surface area contributed by atoms with Crippen molar-refractivity contribution in [3.8, 4) is 0 Å². The van der Waals surface area contributed by atoms with Gasteiger partial charge in [-0.15, -0.1) is 11.8 Å². The summed E-state index contributed by atoms with van der Waals surface area (Å²) >= 11 is 1.26. The molecule has 1 rings (SSSR count). The van der Waals surface area contributed by atoms with E-state index in [1.54, 1.807) is 6.92 Å². The Morgan fingerprint density at radius 1 is 1.75 bits per heavy atom. The molecule has 1 aliphatic heterocycles. The summed E-state index contributed by atoms with van der Waals surface area (Å²) in [5.41, 5.74) is 0. The first-order chi connectivity index (χ1) is 5.65. The molecule has 0 spiro atoms. The van der Waals surface area contributed by atoms with Crippen LogP contribution in [-0.2, 0) is 14.3 Å². The lowest BCUT2D eigenvalue weighted by Gasteiger charge is -2.05. The van der Waals surface area contributed by atoms with E-state index in [0.29, 0.717) is 6.61 Å². The summed E-state index contributed by atoms with van der Waals surface area (Å²) in [4.78, 5) is 23.1. The number of rotatable bonds is 2. The first-order valence-electron chi connectivity index (χ1n) is 3.70. The third-order valence-electron chi connectivity index (χ3n) is 1.41. The van der Waals surface area contributed by atoms with Crippen LogP contribution in [0, 0.1) is 0 Å². The van der Waals surface area contributed by atoms with Crippen LogP contribution in [0.3, 0.4) is 0 Å². The highest BCUT2D eigenvalue weighted by molar-refractivity contribution is 8.05. The largest absolute Gasteiger partial charge is 0.465 e. The van der Waals surface area contributed by atoms with Gasteiger partial charge in [0.25, 0.3) is 0 Å². The maximum atomic E-state index is 11.1. The summed E-state index contributed by atoms with van der Waals surface area (Å²) < 4.78 is 4.73. The highest BCUT2D eigenvalue weighted by Crippen LogP contribution is 2.29. The topological polar surface area (TPSA) is 43.4 Å². The SMILES string of the molecule is CCOC(=O)C1SC(C)=CC1=O. The van der Waals surface area contributed by atoms with Gasteiger partial charge in [-0.05, 0) is 24.8 Å². The van der Waals surface area contributed by atoms with Gasteiger partial charge >= 0.3 is 5.97 Å². The van der Waals surface area contributed by atoms with Gasteiger partial charge in [0.05, 0.1) is 6.61 Å². The van der Waals surface area contributed by atoms with Crippen molar-refractivity contribution in [2.45, 2.75) is 19.1 Å². The Hall–Kier alpha value is -0.770. The zero-order chi connectivity index (χ0) is 9.14. The lowest BCUT2D eigenvalue weighted by molar-refractivity contribution is -0.143. The molecule has 0 N–H and O–H groups in total. The van der Waals surface area contributed by atoms with E-state index in [1.807, 2.05) is 6.92 Å². The Bertz CT molecular complexity index is 245. The number of carbonyl (C=O) groups excluding carboxylic acids is 2. The monoisotopic (exact) mass is 186 g/mol. The summed E-state index contributed by atoms with van der Waals surface area (Å²) in [6, 6.07) is 0. The van der Waals surface area contributed by atoms with Crippen LogP contribution in [0.5, 0.6) is 0 Å². The van der Waals surface area contributed by atoms with Crippen molar-refractivity contribution in [2.75, 3.05) is 6.61 Å². The van der Waals surface area contributed by atoms with Crippen molar-refractivity contribution in [1.29, 1.82) is 0 Å². The smallest absolute Gasteiger partial charge is 0.327 e. The van der Waals surface area contributed by atoms with Gasteiger partial charge in [0, 0.05) is 0 Å². The molecule has 0 amide bonds. The quantitative estimate of drug-likeness (QED) is 0.479. The standard InChI is InChI=1S/C8H10O3S/c1-3-11-8(10)7-6(9)4-5(2)12-7/h4,7H,3H2,1-2H3. The second kappa shape index (κ2) is 3.76. The molecule has 1 aliphatic rings. The van der Waals surface area contributed by atoms with Crippen molar-refractivity contribution >= 4 is 23.5 Å². The number of carbonyl (C=O) groups is 2. The molecule has 0 aromatic carbocycles. The molecule has 0 saturated carbocycles. The van der Waals surface area contributed by atoms with Gasteiger partial charge in [0.15, 0.2) is 11.0 Å². The molecule has 12 heavy (non-hydrogen) atoms. The van der Waals surface area contributed by atoms with Crippen molar-refractivity contribution < 1.29 is 14.3 Å². The van der Waals surface area contributed by atoms with Crippen LogP contribution in [0.2, 0.25) is 0 Å². The summed E-state index contributed by atoms with van der Waals surface area (Å²) in [5.74, 6) is -0.587. The number of ketones is 1. The minimum Gasteiger partial charge on any atom is -0.465 e. The second-order valence-electron chi connectivity index (χ2n) is 2.41. The van der Waals surface area contributed by atoms with Crippen molar-refractivity contribution in [1.82, 2.24) is 0 Å². The number of ether oxygens (including phenoxy) is 1. The molecular weight excluding hydrogens is 176 g/mol. The third-order valence-corrected chi connectivity index (χ3v) is 2.56. The van der Waals surface area contributed by atoms with Gasteiger partial charge in [0.2, 0.25) is 0 Å². The average molecular weight is 186 g/mol. The highest BCUT2D eigenvalue weighted by Gasteiger charge is 2.32. The van der Waals surface area contributed by atoms with E-state index >= 15 is 0 Å². The molecular formula is C8H10O3S. The minimum absolute atomic E-state index is 0.157. The molecule has 3 nitrogen and oxygen atoms in total. The fourth-order valence-corrected chi connectivity index (χ4v) is 1.84. The molecule has 0 fully saturated rings. The van der Waals surface area contributed by atoms with Crippen LogP contribution in [0.25, 0.3) is 0 Å². The maximum Gasteiger partial charge on any atom is 0.327 e. The Morgan fingerprint density at radius 3 is 2.83 bits per heavy atom. The molecule has 0 bridgehead atoms. The molecule has 0 aromatic rings. The molecule has 0 saturated heterocycles. The van der Waals surface area contributed by atoms with Crippen molar-refractivity contribution in [3.63, 3.8) is 0 Å². The van der Waals surface area contributed by atoms with Crippen LogP contribution in [-0.4, -0.2) is 23.6 Å². The summed E-state index contributed by atoms with van der Waals surface area (Å²) in [7, 11) is 0. The Labute approximate surface area is 75.2 Å². The molecule has 0 radical (unpaired) electrons. The van der Waals surface area contributed by atoms with E-state index in [9.17, 15) is 9.59 Å². The summed E-state index contributed by atoms with van der Waals surface area (Å²) in [5, 5.41) is -0.648. The molecule has 1 unspecified atom stereocenters. The van der Waals surface area contributed by atoms with Gasteiger partial charge in [-0.2, -0.15) is 0 Å². The highest BCUT2D eigenvalue weighted by atomic mass is 32.2. The van der Waals surface area contributed by atoms with E-state index in [2.05, 4.69) is 0 Å². The number of esters is 1. The summed E-state index contributed by atoms with van der Waals surface area (Å²) in [6.45, 7) is 3.85. The lowest BCUT2D eigenvalue weighted by Crippen LogP contribution is -2.24. The second-order valence-corrected chi connectivity index (χ2v) is 3.76. The van der Waals surface area contributed by atoms with Gasteiger partial charge < -0.3 is 4.74 Å². The van der Waals surface area contributed by atoms with Gasteiger partial charge in [-0.1, -0.05) is 0 Å². The number of allylic oxidation sites excluding steroid dienone is 2. The summed E-state index contributed by atoms with van der Waals surface area (Å²) in [6.07, 6.45) is 1.48. The number of hydrogen-bond donors (Lipinski definition) is 0. The predicted octanol–water partition coefficient (Wildman–Crippen LogP) is 1.14. The maximum absolute atomic E-state index is 11.1. The van der Waals surface area contributed by atoms with E-state index < -0.39 is 11.2 Å². The van der Waals surface area contributed by atoms with E-state index in [1.165, 1.54) is 17.8 Å². The molecule has 1 atom stereocenters. The van der Waals surface area contributed by atoms with Gasteiger partial charge in [-0.3, -0.25) is 9.59 Å². The van der Waals surface area contributed by atoms with Crippen LogP contribution in [0.1, 0.15) is 13.8 Å². The Balaban J connectivity index is 2.57. The van der Waals surface area contributed by atoms with Crippen molar-refractivity contribution in [3.05, 3.63) is 11.0 Å². The Morgan fingerprint density at radius 2 is 2.42 bits per heavy atom. The lowest BCUT2D eigenvalue weighted by atomic mass is 10.2. The molecule has 0 aromatic heterocycles. The minimum atomic E-state index is -0.648. The number of hydrogen-bond acceptors (Lipinski definition) is 4. The van der Waals surface area contributed by atoms with Crippen molar-refractivity contribution in [2.24, 2.45) is 0 Å². The molecule has 4 heteroatoms. The number of thioether (sulfide) groups is 1.